The summed E-state index contributed by atoms with van der Waals surface area (Å²) in [5, 5.41) is 0. The maximum absolute atomic E-state index is 12.2. The largest absolute Gasteiger partial charge is 0.492 e. The van der Waals surface area contributed by atoms with Crippen LogP contribution in [0.5, 0.6) is 5.75 Å². The molecule has 116 valence electrons. The van der Waals surface area contributed by atoms with Gasteiger partial charge in [-0.3, -0.25) is 9.59 Å². The number of nitrogens with two attached hydrogens (primary N) is 1. The first-order valence-corrected chi connectivity index (χ1v) is 6.90. The zero-order valence-corrected chi connectivity index (χ0v) is 12.6. The first kappa shape index (κ1) is 15.6. The van der Waals surface area contributed by atoms with Crippen molar-refractivity contribution in [3.8, 4) is 5.75 Å². The number of hydrogen-bond donors (Lipinski definition) is 2. The maximum atomic E-state index is 12.2. The number of carbonyl (C=O) groups excluding carboxylic acids is 2. The van der Waals surface area contributed by atoms with Gasteiger partial charge in [0.25, 0.3) is 11.8 Å². The number of aromatic nitrogens is 1. The van der Waals surface area contributed by atoms with Crippen LogP contribution in [0.1, 0.15) is 26.4 Å². The third-order valence-corrected chi connectivity index (χ3v) is 3.26. The molecule has 1 aromatic carbocycles. The minimum absolute atomic E-state index is 0.198. The monoisotopic (exact) mass is 301 g/mol. The predicted molar refractivity (Wildman–Crippen MR) is 82.9 cm³/mol. The van der Waals surface area contributed by atoms with E-state index in [9.17, 15) is 9.59 Å². The molecular formula is C16H19N3O3. The Bertz CT molecular complexity index is 662. The molecule has 2 aromatic rings. The molecule has 6 nitrogen and oxygen atoms in total. The second-order valence-electron chi connectivity index (χ2n) is 5.05. The number of nitrogens with zero attached hydrogens (tertiary/aromatic N) is 1. The number of primary amides is 1. The van der Waals surface area contributed by atoms with Gasteiger partial charge in [-0.1, -0.05) is 17.7 Å². The van der Waals surface area contributed by atoms with E-state index in [2.05, 4.69) is 4.98 Å². The quantitative estimate of drug-likeness (QED) is 0.849. The Labute approximate surface area is 128 Å². The van der Waals surface area contributed by atoms with Gasteiger partial charge in [-0.2, -0.15) is 0 Å². The molecule has 0 saturated heterocycles. The number of carbonyl (C=O) groups is 2. The lowest BCUT2D eigenvalue weighted by Gasteiger charge is -2.16. The molecule has 0 spiro atoms. The van der Waals surface area contributed by atoms with Gasteiger partial charge in [0.2, 0.25) is 0 Å². The van der Waals surface area contributed by atoms with Gasteiger partial charge in [0.15, 0.2) is 0 Å². The molecule has 3 N–H and O–H groups in total. The lowest BCUT2D eigenvalue weighted by molar-refractivity contribution is 0.0774. The molecule has 1 heterocycles. The first-order valence-electron chi connectivity index (χ1n) is 6.90. The third kappa shape index (κ3) is 3.88. The molecule has 22 heavy (non-hydrogen) atoms. The van der Waals surface area contributed by atoms with Crippen LogP contribution in [0.4, 0.5) is 0 Å². The van der Waals surface area contributed by atoms with Gasteiger partial charge >= 0.3 is 0 Å². The number of aryl methyl sites for hydroxylation is 1. The minimum Gasteiger partial charge on any atom is -0.492 e. The number of ether oxygens (including phenoxy) is 1. The van der Waals surface area contributed by atoms with Gasteiger partial charge in [-0.25, -0.2) is 0 Å². The van der Waals surface area contributed by atoms with Gasteiger partial charge in [0.05, 0.1) is 12.1 Å². The molecule has 0 atom stereocenters. The van der Waals surface area contributed by atoms with Crippen molar-refractivity contribution in [3.63, 3.8) is 0 Å². The second-order valence-corrected chi connectivity index (χ2v) is 5.05. The number of H-pyrrole nitrogens is 1. The topological polar surface area (TPSA) is 88.4 Å². The lowest BCUT2D eigenvalue weighted by atomic mass is 10.2. The summed E-state index contributed by atoms with van der Waals surface area (Å²) >= 11 is 0. The average Bonchev–Trinajstić information content (AvgIpc) is 2.98. The summed E-state index contributed by atoms with van der Waals surface area (Å²) in [5.41, 5.74) is 6.92. The molecular weight excluding hydrogens is 282 g/mol. The summed E-state index contributed by atoms with van der Waals surface area (Å²) in [4.78, 5) is 27.4. The van der Waals surface area contributed by atoms with Crippen LogP contribution >= 0.6 is 0 Å². The number of rotatable bonds is 6. The van der Waals surface area contributed by atoms with Gasteiger partial charge in [-0.15, -0.1) is 0 Å². The van der Waals surface area contributed by atoms with E-state index in [-0.39, 0.29) is 11.6 Å². The van der Waals surface area contributed by atoms with E-state index in [1.54, 1.807) is 7.05 Å². The summed E-state index contributed by atoms with van der Waals surface area (Å²) in [6.45, 7) is 2.83. The number of hydrogen-bond acceptors (Lipinski definition) is 3. The van der Waals surface area contributed by atoms with E-state index in [1.165, 1.54) is 17.2 Å². The molecule has 0 saturated carbocycles. The van der Waals surface area contributed by atoms with Crippen molar-refractivity contribution in [1.29, 1.82) is 0 Å². The van der Waals surface area contributed by atoms with Gasteiger partial charge < -0.3 is 20.4 Å². The Morgan fingerprint density at radius 2 is 1.95 bits per heavy atom. The van der Waals surface area contributed by atoms with Crippen molar-refractivity contribution in [1.82, 2.24) is 9.88 Å². The molecule has 2 amide bonds. The Kier molecular flexibility index (Phi) is 4.83. The summed E-state index contributed by atoms with van der Waals surface area (Å²) in [7, 11) is 1.68. The number of likely N-dealkylation sites (N-methyl/N-ethyl adjacent to an activating group) is 1. The lowest BCUT2D eigenvalue weighted by Crippen LogP contribution is -2.30. The van der Waals surface area contributed by atoms with E-state index >= 15 is 0 Å². The maximum Gasteiger partial charge on any atom is 0.265 e. The SMILES string of the molecule is Cc1ccc(OCCN(C)C(=O)c2c[nH]c(C(N)=O)c2)cc1. The molecule has 0 unspecified atom stereocenters. The number of benzene rings is 1. The van der Waals surface area contributed by atoms with E-state index in [0.717, 1.165) is 11.3 Å². The average molecular weight is 301 g/mol. The Morgan fingerprint density at radius 3 is 2.55 bits per heavy atom. The van der Waals surface area contributed by atoms with Crippen LogP contribution in [0.3, 0.4) is 0 Å². The molecule has 0 aliphatic carbocycles. The minimum atomic E-state index is -0.593. The van der Waals surface area contributed by atoms with Crippen LogP contribution in [0, 0.1) is 6.92 Å². The molecule has 0 aliphatic rings. The van der Waals surface area contributed by atoms with Crippen molar-refractivity contribution in [3.05, 3.63) is 53.3 Å². The van der Waals surface area contributed by atoms with Crippen LogP contribution in [-0.2, 0) is 0 Å². The zero-order valence-electron chi connectivity index (χ0n) is 12.6. The second kappa shape index (κ2) is 6.80. The summed E-state index contributed by atoms with van der Waals surface area (Å²) < 4.78 is 5.59. The molecule has 0 bridgehead atoms. The van der Waals surface area contributed by atoms with E-state index < -0.39 is 5.91 Å². The fraction of sp³-hybridized carbons (Fsp3) is 0.250. The highest BCUT2D eigenvalue weighted by molar-refractivity contribution is 5.98. The third-order valence-electron chi connectivity index (χ3n) is 3.26. The van der Waals surface area contributed by atoms with Crippen molar-refractivity contribution in [2.24, 2.45) is 5.73 Å². The molecule has 2 rings (SSSR count). The zero-order chi connectivity index (χ0) is 16.1. The predicted octanol–water partition coefficient (Wildman–Crippen LogP) is 1.57. The number of nitrogens with one attached hydrogen (secondary N) is 1. The highest BCUT2D eigenvalue weighted by Gasteiger charge is 2.15. The smallest absolute Gasteiger partial charge is 0.265 e. The number of aromatic amines is 1. The molecule has 1 aromatic heterocycles. The van der Waals surface area contributed by atoms with Crippen LogP contribution < -0.4 is 10.5 Å². The first-order chi connectivity index (χ1) is 10.5. The van der Waals surface area contributed by atoms with E-state index in [1.807, 2.05) is 31.2 Å². The fourth-order valence-corrected chi connectivity index (χ4v) is 1.92. The number of amides is 2. The Balaban J connectivity index is 1.85. The van der Waals surface area contributed by atoms with Crippen LogP contribution in [0.25, 0.3) is 0 Å². The summed E-state index contributed by atoms with van der Waals surface area (Å²) in [6.07, 6.45) is 1.47. The van der Waals surface area contributed by atoms with Crippen LogP contribution in [0.2, 0.25) is 0 Å². The fourth-order valence-electron chi connectivity index (χ4n) is 1.92. The molecule has 6 heteroatoms. The highest BCUT2D eigenvalue weighted by Crippen LogP contribution is 2.11. The highest BCUT2D eigenvalue weighted by atomic mass is 16.5. The summed E-state index contributed by atoms with van der Waals surface area (Å²) in [5.74, 6) is -0.0234. The molecule has 0 fully saturated rings. The normalized spacial score (nSPS) is 10.3. The molecule has 0 aliphatic heterocycles. The van der Waals surface area contributed by atoms with Crippen LogP contribution in [0.15, 0.2) is 36.5 Å². The van der Waals surface area contributed by atoms with Gasteiger partial charge in [-0.05, 0) is 25.1 Å². The van der Waals surface area contributed by atoms with Gasteiger partial charge in [0.1, 0.15) is 18.1 Å². The summed E-state index contributed by atoms with van der Waals surface area (Å²) in [6, 6.07) is 9.16. The Hall–Kier alpha value is -2.76. The Morgan fingerprint density at radius 1 is 1.27 bits per heavy atom. The van der Waals surface area contributed by atoms with Crippen LogP contribution in [-0.4, -0.2) is 41.9 Å². The van der Waals surface area contributed by atoms with Crippen molar-refractivity contribution in [2.75, 3.05) is 20.2 Å². The van der Waals surface area contributed by atoms with Crippen molar-refractivity contribution >= 4 is 11.8 Å². The van der Waals surface area contributed by atoms with Crippen molar-refractivity contribution in [2.45, 2.75) is 6.92 Å². The molecule has 0 radical (unpaired) electrons. The van der Waals surface area contributed by atoms with Gasteiger partial charge in [0, 0.05) is 13.2 Å². The standard InChI is InChI=1S/C16H19N3O3/c1-11-3-5-13(6-4-11)22-8-7-19(2)16(21)12-9-14(15(17)20)18-10-12/h3-6,9-10,18H,7-8H2,1-2H3,(H2,17,20). The van der Waals surface area contributed by atoms with E-state index in [0.29, 0.717) is 18.7 Å². The van der Waals surface area contributed by atoms with Crippen molar-refractivity contribution < 1.29 is 14.3 Å². The van der Waals surface area contributed by atoms with E-state index in [4.69, 9.17) is 10.5 Å².